The molecule has 7 atom stereocenters. The predicted molar refractivity (Wildman–Crippen MR) is 85.9 cm³/mol. The minimum absolute atomic E-state index is 0.329. The smallest absolute Gasteiger partial charge is 0.137 e. The molecule has 0 aromatic heterocycles. The van der Waals surface area contributed by atoms with Crippen molar-refractivity contribution in [2.45, 2.75) is 78.6 Å². The molecule has 4 rings (SSSR count). The maximum absolute atomic E-state index is 12.7. The van der Waals surface area contributed by atoms with Crippen LogP contribution in [-0.4, -0.2) is 5.78 Å². The topological polar surface area (TPSA) is 17.1 Å². The molecule has 0 radical (unpaired) electrons. The normalized spacial score (nSPS) is 56.5. The standard InChI is InChI=1S/C20H32O/c1-13-12-17(21)18-15-8-7-14-6-4-5-10-20(14,3)16(15)9-11-19(13,18)2/h13-16,18H,4-12H2,1-3H3/t13-,14-,15-,16+,18+,19-,20+/m1/s1. The van der Waals surface area contributed by atoms with Crippen LogP contribution in [0.3, 0.4) is 0 Å². The maximum atomic E-state index is 12.7. The van der Waals surface area contributed by atoms with Gasteiger partial charge in [0.2, 0.25) is 0 Å². The second-order valence-electron chi connectivity index (χ2n) is 9.39. The van der Waals surface area contributed by atoms with Crippen molar-refractivity contribution in [3.8, 4) is 0 Å². The summed E-state index contributed by atoms with van der Waals surface area (Å²) in [5.74, 6) is 4.19. The molecular formula is C20H32O. The van der Waals surface area contributed by atoms with E-state index in [4.69, 9.17) is 0 Å². The van der Waals surface area contributed by atoms with Crippen LogP contribution < -0.4 is 0 Å². The average Bonchev–Trinajstić information content (AvgIpc) is 2.68. The number of ketones is 1. The molecule has 0 heterocycles. The fourth-order valence-corrected chi connectivity index (χ4v) is 7.35. The number of Topliss-reactive ketones (excluding diaryl/α,β-unsaturated/α-hetero) is 1. The zero-order chi connectivity index (χ0) is 14.8. The number of rotatable bonds is 0. The Morgan fingerprint density at radius 2 is 1.76 bits per heavy atom. The molecule has 4 fully saturated rings. The summed E-state index contributed by atoms with van der Waals surface area (Å²) in [4.78, 5) is 12.7. The molecule has 0 saturated heterocycles. The van der Waals surface area contributed by atoms with E-state index in [1.807, 2.05) is 0 Å². The predicted octanol–water partition coefficient (Wildman–Crippen LogP) is 5.23. The summed E-state index contributed by atoms with van der Waals surface area (Å²) in [7, 11) is 0. The van der Waals surface area contributed by atoms with Crippen molar-refractivity contribution in [1.29, 1.82) is 0 Å². The Labute approximate surface area is 130 Å². The number of carbonyl (C=O) groups is 1. The van der Waals surface area contributed by atoms with Gasteiger partial charge in [-0.15, -0.1) is 0 Å². The highest BCUT2D eigenvalue weighted by Crippen LogP contribution is 2.66. The molecule has 4 saturated carbocycles. The Bertz CT molecular complexity index is 455. The molecule has 4 aliphatic rings. The van der Waals surface area contributed by atoms with E-state index in [1.165, 1.54) is 51.4 Å². The SMILES string of the molecule is C[C@@H]1CC(=O)[C@@H]2[C@@H]3CC[C@H]4CCCC[C@]4(C)[C@H]3CC[C@]12C. The van der Waals surface area contributed by atoms with Crippen LogP contribution in [0.15, 0.2) is 0 Å². The van der Waals surface area contributed by atoms with Crippen molar-refractivity contribution >= 4 is 5.78 Å². The molecule has 118 valence electrons. The molecule has 0 spiro atoms. The van der Waals surface area contributed by atoms with Gasteiger partial charge in [-0.3, -0.25) is 4.79 Å². The van der Waals surface area contributed by atoms with Crippen LogP contribution in [0, 0.1) is 40.4 Å². The number of carbonyl (C=O) groups excluding carboxylic acids is 1. The van der Waals surface area contributed by atoms with Crippen molar-refractivity contribution in [3.63, 3.8) is 0 Å². The zero-order valence-electron chi connectivity index (χ0n) is 14.2. The van der Waals surface area contributed by atoms with E-state index < -0.39 is 0 Å². The van der Waals surface area contributed by atoms with Crippen molar-refractivity contribution in [3.05, 3.63) is 0 Å². The third-order valence-corrected chi connectivity index (χ3v) is 8.78. The highest BCUT2D eigenvalue weighted by Gasteiger charge is 2.61. The molecule has 0 aromatic carbocycles. The molecule has 0 aliphatic heterocycles. The first-order valence-electron chi connectivity index (χ1n) is 9.49. The van der Waals surface area contributed by atoms with Crippen LogP contribution in [0.4, 0.5) is 0 Å². The van der Waals surface area contributed by atoms with E-state index in [1.54, 1.807) is 0 Å². The monoisotopic (exact) mass is 288 g/mol. The first-order valence-corrected chi connectivity index (χ1v) is 9.49. The van der Waals surface area contributed by atoms with Gasteiger partial charge >= 0.3 is 0 Å². The Morgan fingerprint density at radius 1 is 0.952 bits per heavy atom. The van der Waals surface area contributed by atoms with Crippen LogP contribution in [0.1, 0.15) is 78.6 Å². The average molecular weight is 288 g/mol. The van der Waals surface area contributed by atoms with Gasteiger partial charge in [-0.25, -0.2) is 0 Å². The van der Waals surface area contributed by atoms with Gasteiger partial charge in [-0.2, -0.15) is 0 Å². The van der Waals surface area contributed by atoms with E-state index in [-0.39, 0.29) is 0 Å². The zero-order valence-corrected chi connectivity index (χ0v) is 14.2. The molecule has 0 N–H and O–H groups in total. The van der Waals surface area contributed by atoms with Gasteiger partial charge in [0, 0.05) is 12.3 Å². The summed E-state index contributed by atoms with van der Waals surface area (Å²) in [6.07, 6.45) is 12.1. The lowest BCUT2D eigenvalue weighted by molar-refractivity contribution is -0.140. The molecule has 21 heavy (non-hydrogen) atoms. The number of hydrogen-bond acceptors (Lipinski definition) is 1. The summed E-state index contributed by atoms with van der Waals surface area (Å²) in [5, 5.41) is 0. The molecule has 0 amide bonds. The summed E-state index contributed by atoms with van der Waals surface area (Å²) in [5.41, 5.74) is 0.894. The van der Waals surface area contributed by atoms with Crippen molar-refractivity contribution in [2.75, 3.05) is 0 Å². The van der Waals surface area contributed by atoms with Crippen molar-refractivity contribution in [2.24, 2.45) is 40.4 Å². The second-order valence-corrected chi connectivity index (χ2v) is 9.39. The summed E-state index contributed by atoms with van der Waals surface area (Å²) < 4.78 is 0. The van der Waals surface area contributed by atoms with Crippen LogP contribution in [-0.2, 0) is 4.79 Å². The summed E-state index contributed by atoms with van der Waals surface area (Å²) in [6.45, 7) is 7.38. The van der Waals surface area contributed by atoms with E-state index in [0.717, 1.165) is 24.2 Å². The van der Waals surface area contributed by atoms with Gasteiger partial charge in [-0.05, 0) is 73.0 Å². The van der Waals surface area contributed by atoms with E-state index in [2.05, 4.69) is 20.8 Å². The minimum Gasteiger partial charge on any atom is -0.299 e. The fourth-order valence-electron chi connectivity index (χ4n) is 7.35. The van der Waals surface area contributed by atoms with E-state index in [0.29, 0.717) is 28.4 Å². The van der Waals surface area contributed by atoms with Crippen LogP contribution in [0.5, 0.6) is 0 Å². The van der Waals surface area contributed by atoms with Crippen LogP contribution in [0.25, 0.3) is 0 Å². The number of fused-ring (bicyclic) bond motifs is 5. The lowest BCUT2D eigenvalue weighted by atomic mass is 9.45. The second kappa shape index (κ2) is 4.59. The minimum atomic E-state index is 0.329. The Kier molecular flexibility index (Phi) is 3.12. The molecular weight excluding hydrogens is 256 g/mol. The Hall–Kier alpha value is -0.330. The fraction of sp³-hybridized carbons (Fsp3) is 0.950. The summed E-state index contributed by atoms with van der Waals surface area (Å²) in [6, 6.07) is 0. The maximum Gasteiger partial charge on any atom is 0.137 e. The molecule has 0 bridgehead atoms. The molecule has 4 aliphatic carbocycles. The first-order chi connectivity index (χ1) is 9.97. The summed E-state index contributed by atoms with van der Waals surface area (Å²) >= 11 is 0. The van der Waals surface area contributed by atoms with Crippen molar-refractivity contribution < 1.29 is 4.79 Å². The third-order valence-electron chi connectivity index (χ3n) is 8.78. The van der Waals surface area contributed by atoms with Gasteiger partial charge in [0.1, 0.15) is 5.78 Å². The first kappa shape index (κ1) is 14.3. The van der Waals surface area contributed by atoms with E-state index >= 15 is 0 Å². The van der Waals surface area contributed by atoms with Gasteiger partial charge in [0.15, 0.2) is 0 Å². The largest absolute Gasteiger partial charge is 0.299 e. The Balaban J connectivity index is 1.69. The van der Waals surface area contributed by atoms with Crippen LogP contribution in [0.2, 0.25) is 0 Å². The van der Waals surface area contributed by atoms with Gasteiger partial charge in [-0.1, -0.05) is 33.6 Å². The molecule has 0 unspecified atom stereocenters. The van der Waals surface area contributed by atoms with Crippen molar-refractivity contribution in [1.82, 2.24) is 0 Å². The molecule has 1 heteroatoms. The highest BCUT2D eigenvalue weighted by atomic mass is 16.1. The molecule has 1 nitrogen and oxygen atoms in total. The Morgan fingerprint density at radius 3 is 2.57 bits per heavy atom. The highest BCUT2D eigenvalue weighted by molar-refractivity contribution is 5.85. The lowest BCUT2D eigenvalue weighted by Gasteiger charge is -2.60. The lowest BCUT2D eigenvalue weighted by Crippen LogP contribution is -2.53. The van der Waals surface area contributed by atoms with Gasteiger partial charge in [0.05, 0.1) is 0 Å². The number of hydrogen-bond donors (Lipinski definition) is 0. The van der Waals surface area contributed by atoms with Crippen LogP contribution >= 0.6 is 0 Å². The van der Waals surface area contributed by atoms with Gasteiger partial charge < -0.3 is 0 Å². The molecule has 0 aromatic rings. The van der Waals surface area contributed by atoms with E-state index in [9.17, 15) is 4.79 Å². The quantitative estimate of drug-likeness (QED) is 0.596. The van der Waals surface area contributed by atoms with Gasteiger partial charge in [0.25, 0.3) is 0 Å². The third kappa shape index (κ3) is 1.78.